The lowest BCUT2D eigenvalue weighted by Crippen LogP contribution is -2.61. The SMILES string of the molecule is CCOc1ccc(S(=O)(=O)N2CCCC23CCCN(C2CC2)C3=O)cc1. The van der Waals surface area contributed by atoms with Gasteiger partial charge in [-0.05, 0) is 69.7 Å². The average molecular weight is 378 g/mol. The van der Waals surface area contributed by atoms with Gasteiger partial charge in [-0.3, -0.25) is 4.79 Å². The fourth-order valence-electron chi connectivity index (χ4n) is 4.42. The summed E-state index contributed by atoms with van der Waals surface area (Å²) >= 11 is 0. The molecule has 2 saturated heterocycles. The summed E-state index contributed by atoms with van der Waals surface area (Å²) in [7, 11) is -3.71. The summed E-state index contributed by atoms with van der Waals surface area (Å²) in [5, 5.41) is 0. The molecule has 3 fully saturated rings. The second-order valence-electron chi connectivity index (χ2n) is 7.45. The predicted octanol–water partition coefficient (Wildman–Crippen LogP) is 2.39. The summed E-state index contributed by atoms with van der Waals surface area (Å²) in [6.07, 6.45) is 4.97. The van der Waals surface area contributed by atoms with Crippen LogP contribution < -0.4 is 4.74 Å². The van der Waals surface area contributed by atoms with Gasteiger partial charge in [-0.1, -0.05) is 0 Å². The monoisotopic (exact) mass is 378 g/mol. The topological polar surface area (TPSA) is 66.9 Å². The summed E-state index contributed by atoms with van der Waals surface area (Å²) in [4.78, 5) is 15.4. The maximum absolute atomic E-state index is 13.3. The summed E-state index contributed by atoms with van der Waals surface area (Å²) < 4.78 is 33.6. The minimum atomic E-state index is -3.71. The summed E-state index contributed by atoms with van der Waals surface area (Å²) in [5.41, 5.74) is -0.877. The number of rotatable bonds is 5. The van der Waals surface area contributed by atoms with Crippen molar-refractivity contribution in [3.8, 4) is 5.75 Å². The van der Waals surface area contributed by atoms with E-state index < -0.39 is 15.6 Å². The number of carbonyl (C=O) groups excluding carboxylic acids is 1. The predicted molar refractivity (Wildman–Crippen MR) is 97.4 cm³/mol. The fraction of sp³-hybridized carbons (Fsp3) is 0.632. The smallest absolute Gasteiger partial charge is 0.244 e. The number of carbonyl (C=O) groups is 1. The third-order valence-corrected chi connectivity index (χ3v) is 7.77. The van der Waals surface area contributed by atoms with Crippen molar-refractivity contribution >= 4 is 15.9 Å². The molecule has 1 spiro atoms. The largest absolute Gasteiger partial charge is 0.494 e. The lowest BCUT2D eigenvalue weighted by Gasteiger charge is -2.44. The van der Waals surface area contributed by atoms with Crippen LogP contribution in [0.5, 0.6) is 5.75 Å². The number of likely N-dealkylation sites (tertiary alicyclic amines) is 1. The lowest BCUT2D eigenvalue weighted by molar-refractivity contribution is -0.145. The van der Waals surface area contributed by atoms with E-state index in [0.717, 1.165) is 32.2 Å². The molecule has 7 heteroatoms. The molecule has 1 saturated carbocycles. The second kappa shape index (κ2) is 6.53. The molecule has 1 atom stereocenters. The van der Waals surface area contributed by atoms with Gasteiger partial charge in [0, 0.05) is 19.1 Å². The van der Waals surface area contributed by atoms with Crippen LogP contribution in [0, 0.1) is 0 Å². The van der Waals surface area contributed by atoms with Gasteiger partial charge in [-0.25, -0.2) is 8.42 Å². The Balaban J connectivity index is 1.65. The summed E-state index contributed by atoms with van der Waals surface area (Å²) in [6, 6.07) is 6.85. The van der Waals surface area contributed by atoms with E-state index in [1.165, 1.54) is 4.31 Å². The number of amides is 1. The van der Waals surface area contributed by atoms with Gasteiger partial charge in [0.1, 0.15) is 11.3 Å². The fourth-order valence-corrected chi connectivity index (χ4v) is 6.25. The maximum atomic E-state index is 13.3. The van der Waals surface area contributed by atoms with E-state index in [2.05, 4.69) is 0 Å². The summed E-state index contributed by atoms with van der Waals surface area (Å²) in [5.74, 6) is 0.675. The van der Waals surface area contributed by atoms with Gasteiger partial charge < -0.3 is 9.64 Å². The zero-order chi connectivity index (χ0) is 18.4. The Morgan fingerprint density at radius 2 is 1.77 bits per heavy atom. The van der Waals surface area contributed by atoms with E-state index >= 15 is 0 Å². The second-order valence-corrected chi connectivity index (χ2v) is 9.31. The quantitative estimate of drug-likeness (QED) is 0.789. The third-order valence-electron chi connectivity index (χ3n) is 5.79. The van der Waals surface area contributed by atoms with E-state index in [-0.39, 0.29) is 10.8 Å². The van der Waals surface area contributed by atoms with Gasteiger partial charge in [-0.15, -0.1) is 0 Å². The molecule has 0 N–H and O–H groups in total. The first-order valence-corrected chi connectivity index (χ1v) is 11.0. The first kappa shape index (κ1) is 17.8. The molecule has 0 bridgehead atoms. The molecule has 3 aliphatic rings. The molecule has 1 aromatic carbocycles. The molecule has 1 aliphatic carbocycles. The van der Waals surface area contributed by atoms with Crippen LogP contribution in [0.1, 0.15) is 45.4 Å². The van der Waals surface area contributed by atoms with Crippen molar-refractivity contribution in [2.24, 2.45) is 0 Å². The van der Waals surface area contributed by atoms with Crippen LogP contribution in [0.25, 0.3) is 0 Å². The van der Waals surface area contributed by atoms with E-state index in [1.807, 2.05) is 11.8 Å². The van der Waals surface area contributed by atoms with Crippen LogP contribution in [-0.2, 0) is 14.8 Å². The van der Waals surface area contributed by atoms with Gasteiger partial charge in [0.25, 0.3) is 0 Å². The molecule has 2 aliphatic heterocycles. The minimum absolute atomic E-state index is 0.0262. The number of hydrogen-bond donors (Lipinski definition) is 0. The Kier molecular flexibility index (Phi) is 4.47. The van der Waals surface area contributed by atoms with E-state index in [4.69, 9.17) is 4.74 Å². The van der Waals surface area contributed by atoms with Gasteiger partial charge >= 0.3 is 0 Å². The molecular weight excluding hydrogens is 352 g/mol. The number of ether oxygens (including phenoxy) is 1. The van der Waals surface area contributed by atoms with Crippen molar-refractivity contribution < 1.29 is 17.9 Å². The molecule has 1 aromatic rings. The molecule has 26 heavy (non-hydrogen) atoms. The zero-order valence-corrected chi connectivity index (χ0v) is 16.0. The Morgan fingerprint density at radius 3 is 2.38 bits per heavy atom. The average Bonchev–Trinajstić information content (AvgIpc) is 3.38. The Morgan fingerprint density at radius 1 is 1.12 bits per heavy atom. The van der Waals surface area contributed by atoms with Crippen molar-refractivity contribution in [1.82, 2.24) is 9.21 Å². The maximum Gasteiger partial charge on any atom is 0.244 e. The first-order valence-electron chi connectivity index (χ1n) is 9.56. The van der Waals surface area contributed by atoms with Crippen LogP contribution in [-0.4, -0.2) is 54.8 Å². The van der Waals surface area contributed by atoms with Crippen molar-refractivity contribution in [3.63, 3.8) is 0 Å². The van der Waals surface area contributed by atoms with E-state index in [0.29, 0.717) is 37.8 Å². The van der Waals surface area contributed by atoms with Crippen LogP contribution in [0.4, 0.5) is 0 Å². The molecule has 0 aromatic heterocycles. The first-order chi connectivity index (χ1) is 12.5. The van der Waals surface area contributed by atoms with Crippen LogP contribution >= 0.6 is 0 Å². The summed E-state index contributed by atoms with van der Waals surface area (Å²) in [6.45, 7) is 3.60. The van der Waals surface area contributed by atoms with Gasteiger partial charge in [0.05, 0.1) is 11.5 Å². The Bertz CT molecular complexity index is 788. The van der Waals surface area contributed by atoms with Crippen molar-refractivity contribution in [3.05, 3.63) is 24.3 Å². The molecule has 1 unspecified atom stereocenters. The van der Waals surface area contributed by atoms with E-state index in [1.54, 1.807) is 24.3 Å². The minimum Gasteiger partial charge on any atom is -0.494 e. The highest BCUT2D eigenvalue weighted by molar-refractivity contribution is 7.89. The normalized spacial score (nSPS) is 27.3. The molecule has 2 heterocycles. The highest BCUT2D eigenvalue weighted by Crippen LogP contribution is 2.44. The molecule has 142 valence electrons. The van der Waals surface area contributed by atoms with Crippen LogP contribution in [0.2, 0.25) is 0 Å². The molecule has 0 radical (unpaired) electrons. The number of sulfonamides is 1. The molecular formula is C19H26N2O4S. The number of hydrogen-bond acceptors (Lipinski definition) is 4. The highest BCUT2D eigenvalue weighted by Gasteiger charge is 2.57. The van der Waals surface area contributed by atoms with Gasteiger partial charge in [0.15, 0.2) is 0 Å². The number of piperidine rings is 1. The third kappa shape index (κ3) is 2.81. The Labute approximate surface area is 155 Å². The number of nitrogens with zero attached hydrogens (tertiary/aromatic N) is 2. The lowest BCUT2D eigenvalue weighted by atomic mass is 9.86. The highest BCUT2D eigenvalue weighted by atomic mass is 32.2. The van der Waals surface area contributed by atoms with Crippen molar-refractivity contribution in [2.45, 2.75) is 61.9 Å². The molecule has 4 rings (SSSR count). The van der Waals surface area contributed by atoms with E-state index in [9.17, 15) is 13.2 Å². The molecule has 6 nitrogen and oxygen atoms in total. The number of benzene rings is 1. The van der Waals surface area contributed by atoms with Crippen molar-refractivity contribution in [2.75, 3.05) is 19.7 Å². The molecule has 1 amide bonds. The standard InChI is InChI=1S/C19H26N2O4S/c1-2-25-16-7-9-17(10-8-16)26(23,24)21-14-4-12-19(21)11-3-13-20(18(19)22)15-5-6-15/h7-10,15H,2-6,11-14H2,1H3. The Hall–Kier alpha value is -1.60. The van der Waals surface area contributed by atoms with Gasteiger partial charge in [0.2, 0.25) is 15.9 Å². The van der Waals surface area contributed by atoms with Crippen LogP contribution in [0.3, 0.4) is 0 Å². The van der Waals surface area contributed by atoms with Crippen LogP contribution in [0.15, 0.2) is 29.2 Å². The van der Waals surface area contributed by atoms with Gasteiger partial charge in [-0.2, -0.15) is 4.31 Å². The van der Waals surface area contributed by atoms with Crippen molar-refractivity contribution in [1.29, 1.82) is 0 Å². The zero-order valence-electron chi connectivity index (χ0n) is 15.2.